The predicted molar refractivity (Wildman–Crippen MR) is 80.3 cm³/mol. The molecule has 1 aromatic carbocycles. The summed E-state index contributed by atoms with van der Waals surface area (Å²) in [4.78, 5) is 8.96. The SMILES string of the molecule is Cc1cscc1-c1nc(Cl)c2ccc(Br)cc2n1. The third kappa shape index (κ3) is 2.05. The molecule has 0 aliphatic heterocycles. The Labute approximate surface area is 122 Å². The Balaban J connectivity index is 2.30. The van der Waals surface area contributed by atoms with E-state index in [1.54, 1.807) is 11.3 Å². The van der Waals surface area contributed by atoms with Crippen molar-refractivity contribution in [2.45, 2.75) is 6.92 Å². The van der Waals surface area contributed by atoms with E-state index in [-0.39, 0.29) is 0 Å². The Kier molecular flexibility index (Phi) is 3.09. The number of hydrogen-bond donors (Lipinski definition) is 0. The number of nitrogens with zero attached hydrogens (tertiary/aromatic N) is 2. The highest BCUT2D eigenvalue weighted by molar-refractivity contribution is 9.10. The summed E-state index contributed by atoms with van der Waals surface area (Å²) in [5, 5.41) is 5.49. The summed E-state index contributed by atoms with van der Waals surface area (Å²) in [5.41, 5.74) is 3.07. The third-order valence-corrected chi connectivity index (χ3v) is 4.35. The van der Waals surface area contributed by atoms with Crippen molar-refractivity contribution in [1.82, 2.24) is 9.97 Å². The molecule has 0 aliphatic carbocycles. The standard InChI is InChI=1S/C13H8BrClN2S/c1-7-5-18-6-10(7)13-16-11-4-8(14)2-3-9(11)12(15)17-13/h2-6H,1H3. The van der Waals surface area contributed by atoms with Crippen LogP contribution in [0.1, 0.15) is 5.56 Å². The van der Waals surface area contributed by atoms with Gasteiger partial charge in [-0.1, -0.05) is 27.5 Å². The second-order valence-corrected chi connectivity index (χ2v) is 5.99. The summed E-state index contributed by atoms with van der Waals surface area (Å²) in [6.07, 6.45) is 0. The molecular formula is C13H8BrClN2S. The number of fused-ring (bicyclic) bond motifs is 1. The Morgan fingerprint density at radius 1 is 1.22 bits per heavy atom. The minimum Gasteiger partial charge on any atom is -0.228 e. The van der Waals surface area contributed by atoms with Crippen LogP contribution in [0.2, 0.25) is 5.15 Å². The molecule has 0 unspecified atom stereocenters. The highest BCUT2D eigenvalue weighted by Gasteiger charge is 2.10. The molecule has 2 heterocycles. The zero-order valence-corrected chi connectivity index (χ0v) is 12.6. The Morgan fingerprint density at radius 3 is 2.78 bits per heavy atom. The van der Waals surface area contributed by atoms with E-state index < -0.39 is 0 Å². The minimum atomic E-state index is 0.494. The second kappa shape index (κ2) is 4.61. The molecule has 0 saturated carbocycles. The maximum Gasteiger partial charge on any atom is 0.162 e. The number of halogens is 2. The lowest BCUT2D eigenvalue weighted by atomic mass is 10.2. The van der Waals surface area contributed by atoms with Crippen LogP contribution in [0.4, 0.5) is 0 Å². The van der Waals surface area contributed by atoms with Crippen LogP contribution in [0.3, 0.4) is 0 Å². The summed E-state index contributed by atoms with van der Waals surface area (Å²) in [6, 6.07) is 5.81. The number of rotatable bonds is 1. The minimum absolute atomic E-state index is 0.494. The van der Waals surface area contributed by atoms with E-state index >= 15 is 0 Å². The first-order valence-corrected chi connectivity index (χ1v) is 7.42. The molecule has 0 bridgehead atoms. The number of aryl methyl sites for hydroxylation is 1. The van der Waals surface area contributed by atoms with Gasteiger partial charge in [-0.15, -0.1) is 0 Å². The van der Waals surface area contributed by atoms with Gasteiger partial charge < -0.3 is 0 Å². The van der Waals surface area contributed by atoms with E-state index in [9.17, 15) is 0 Å². The monoisotopic (exact) mass is 338 g/mol. The molecule has 0 spiro atoms. The molecule has 90 valence electrons. The van der Waals surface area contributed by atoms with Crippen LogP contribution in [-0.2, 0) is 0 Å². The largest absolute Gasteiger partial charge is 0.228 e. The van der Waals surface area contributed by atoms with Crippen molar-refractivity contribution >= 4 is 49.8 Å². The Morgan fingerprint density at radius 2 is 2.06 bits per heavy atom. The quantitative estimate of drug-likeness (QED) is 0.578. The second-order valence-electron chi connectivity index (χ2n) is 3.97. The number of hydrogen-bond acceptors (Lipinski definition) is 3. The van der Waals surface area contributed by atoms with E-state index in [4.69, 9.17) is 11.6 Å². The van der Waals surface area contributed by atoms with E-state index in [1.165, 1.54) is 5.56 Å². The number of aromatic nitrogens is 2. The van der Waals surface area contributed by atoms with E-state index in [0.717, 1.165) is 20.9 Å². The van der Waals surface area contributed by atoms with Crippen molar-refractivity contribution in [3.63, 3.8) is 0 Å². The molecule has 5 heteroatoms. The van der Waals surface area contributed by atoms with Crippen LogP contribution in [0, 0.1) is 6.92 Å². The summed E-state index contributed by atoms with van der Waals surface area (Å²) >= 11 is 11.3. The van der Waals surface area contributed by atoms with Crippen LogP contribution in [0.15, 0.2) is 33.4 Å². The zero-order valence-electron chi connectivity index (χ0n) is 9.45. The molecule has 3 aromatic rings. The van der Waals surface area contributed by atoms with Crippen LogP contribution >= 0.6 is 38.9 Å². The number of thiophene rings is 1. The molecular weight excluding hydrogens is 332 g/mol. The van der Waals surface area contributed by atoms with E-state index in [1.807, 2.05) is 30.5 Å². The highest BCUT2D eigenvalue weighted by Crippen LogP contribution is 2.29. The normalized spacial score (nSPS) is 11.1. The lowest BCUT2D eigenvalue weighted by Gasteiger charge is -2.04. The molecule has 0 aliphatic rings. The first-order chi connectivity index (χ1) is 8.65. The van der Waals surface area contributed by atoms with Gasteiger partial charge in [-0.3, -0.25) is 0 Å². The van der Waals surface area contributed by atoms with Gasteiger partial charge in [0.05, 0.1) is 5.52 Å². The topological polar surface area (TPSA) is 25.8 Å². The van der Waals surface area contributed by atoms with Crippen LogP contribution in [0.25, 0.3) is 22.3 Å². The van der Waals surface area contributed by atoms with Gasteiger partial charge in [-0.2, -0.15) is 11.3 Å². The first-order valence-electron chi connectivity index (χ1n) is 5.31. The average Bonchev–Trinajstić information content (AvgIpc) is 2.74. The first kappa shape index (κ1) is 12.1. The Bertz CT molecular complexity index is 739. The van der Waals surface area contributed by atoms with Crippen LogP contribution < -0.4 is 0 Å². The Hall–Kier alpha value is -0.970. The maximum atomic E-state index is 6.22. The zero-order chi connectivity index (χ0) is 12.7. The van der Waals surface area contributed by atoms with E-state index in [2.05, 4.69) is 31.3 Å². The van der Waals surface area contributed by atoms with Crippen molar-refractivity contribution < 1.29 is 0 Å². The van der Waals surface area contributed by atoms with E-state index in [0.29, 0.717) is 11.0 Å². The van der Waals surface area contributed by atoms with Gasteiger partial charge in [-0.05, 0) is 36.1 Å². The molecule has 0 fully saturated rings. The summed E-state index contributed by atoms with van der Waals surface area (Å²) in [6.45, 7) is 2.05. The molecule has 2 nitrogen and oxygen atoms in total. The molecule has 0 atom stereocenters. The molecule has 2 aromatic heterocycles. The molecule has 0 amide bonds. The highest BCUT2D eigenvalue weighted by atomic mass is 79.9. The van der Waals surface area contributed by atoms with Crippen LogP contribution in [0.5, 0.6) is 0 Å². The average molecular weight is 340 g/mol. The van der Waals surface area contributed by atoms with Gasteiger partial charge in [0.1, 0.15) is 5.15 Å². The summed E-state index contributed by atoms with van der Waals surface area (Å²) < 4.78 is 0.984. The third-order valence-electron chi connectivity index (χ3n) is 2.71. The van der Waals surface area contributed by atoms with Crippen molar-refractivity contribution in [2.24, 2.45) is 0 Å². The van der Waals surface area contributed by atoms with Gasteiger partial charge in [0.25, 0.3) is 0 Å². The fourth-order valence-corrected chi connectivity index (χ4v) is 3.19. The van der Waals surface area contributed by atoms with Gasteiger partial charge >= 0.3 is 0 Å². The van der Waals surface area contributed by atoms with Gasteiger partial charge in [0, 0.05) is 20.8 Å². The van der Waals surface area contributed by atoms with Crippen molar-refractivity contribution in [3.8, 4) is 11.4 Å². The maximum absolute atomic E-state index is 6.22. The van der Waals surface area contributed by atoms with Crippen molar-refractivity contribution in [1.29, 1.82) is 0 Å². The predicted octanol–water partition coefficient (Wildman–Crippen LogP) is 5.08. The van der Waals surface area contributed by atoms with Gasteiger partial charge in [-0.25, -0.2) is 9.97 Å². The molecule has 3 rings (SSSR count). The summed E-state index contributed by atoms with van der Waals surface area (Å²) in [5.74, 6) is 0.685. The summed E-state index contributed by atoms with van der Waals surface area (Å²) in [7, 11) is 0. The number of benzene rings is 1. The fraction of sp³-hybridized carbons (Fsp3) is 0.0769. The van der Waals surface area contributed by atoms with Crippen molar-refractivity contribution in [3.05, 3.63) is 44.1 Å². The fourth-order valence-electron chi connectivity index (χ4n) is 1.77. The molecule has 0 N–H and O–H groups in total. The molecule has 18 heavy (non-hydrogen) atoms. The van der Waals surface area contributed by atoms with Crippen molar-refractivity contribution in [2.75, 3.05) is 0 Å². The van der Waals surface area contributed by atoms with Crippen LogP contribution in [-0.4, -0.2) is 9.97 Å². The lowest BCUT2D eigenvalue weighted by Crippen LogP contribution is -1.92. The van der Waals surface area contributed by atoms with Gasteiger partial charge in [0.2, 0.25) is 0 Å². The lowest BCUT2D eigenvalue weighted by molar-refractivity contribution is 1.22. The smallest absolute Gasteiger partial charge is 0.162 e. The molecule has 0 radical (unpaired) electrons. The van der Waals surface area contributed by atoms with Gasteiger partial charge in [0.15, 0.2) is 5.82 Å². The molecule has 0 saturated heterocycles.